The molecule has 8 nitrogen and oxygen atoms in total. The minimum absolute atomic E-state index is 0.0763. The summed E-state index contributed by atoms with van der Waals surface area (Å²) in [5.41, 5.74) is 1.25. The summed E-state index contributed by atoms with van der Waals surface area (Å²) < 4.78 is 6.72. The van der Waals surface area contributed by atoms with Gasteiger partial charge < -0.3 is 9.64 Å². The number of ketones is 1. The zero-order chi connectivity index (χ0) is 19.6. The molecule has 0 saturated carbocycles. The van der Waals surface area contributed by atoms with Crippen LogP contribution in [-0.4, -0.2) is 40.7 Å². The summed E-state index contributed by atoms with van der Waals surface area (Å²) in [6.07, 6.45) is 1.83. The summed E-state index contributed by atoms with van der Waals surface area (Å²) >= 11 is 0. The molecule has 2 heterocycles. The first-order valence-corrected chi connectivity index (χ1v) is 9.09. The van der Waals surface area contributed by atoms with E-state index in [4.69, 9.17) is 4.74 Å². The summed E-state index contributed by atoms with van der Waals surface area (Å²) in [5.74, 6) is 1.29. The van der Waals surface area contributed by atoms with E-state index < -0.39 is 0 Å². The van der Waals surface area contributed by atoms with Crippen molar-refractivity contribution in [1.82, 2.24) is 9.78 Å². The third kappa shape index (κ3) is 3.65. The van der Waals surface area contributed by atoms with E-state index in [-0.39, 0.29) is 22.3 Å². The van der Waals surface area contributed by atoms with Crippen molar-refractivity contribution in [2.45, 2.75) is 26.2 Å². The standard InChI is InChI=1S/C19H24N4O4/c1-4-16-17(23(25)26)19(21(2)20-16)22-11-9-14(10-12-22)18(24)13-5-7-15(27-3)8-6-13/h5-8,14H,4,9-12H2,1-3H3. The van der Waals surface area contributed by atoms with Crippen molar-refractivity contribution < 1.29 is 14.5 Å². The Hall–Kier alpha value is -2.90. The Morgan fingerprint density at radius 3 is 2.44 bits per heavy atom. The van der Waals surface area contributed by atoms with Crippen molar-refractivity contribution in [3.63, 3.8) is 0 Å². The van der Waals surface area contributed by atoms with Crippen molar-refractivity contribution in [2.24, 2.45) is 13.0 Å². The normalized spacial score (nSPS) is 15.0. The average Bonchev–Trinajstić information content (AvgIpc) is 3.04. The molecule has 2 aromatic rings. The van der Waals surface area contributed by atoms with Gasteiger partial charge in [-0.05, 0) is 43.5 Å². The second-order valence-corrected chi connectivity index (χ2v) is 6.71. The van der Waals surface area contributed by atoms with Gasteiger partial charge in [-0.25, -0.2) is 4.68 Å². The number of anilines is 1. The van der Waals surface area contributed by atoms with Gasteiger partial charge in [0.05, 0.1) is 12.0 Å². The number of methoxy groups -OCH3 is 1. The zero-order valence-corrected chi connectivity index (χ0v) is 15.8. The number of carbonyl (C=O) groups excluding carboxylic acids is 1. The summed E-state index contributed by atoms with van der Waals surface area (Å²) in [5, 5.41) is 15.8. The van der Waals surface area contributed by atoms with Crippen LogP contribution in [0, 0.1) is 16.0 Å². The Kier molecular flexibility index (Phi) is 5.43. The number of ether oxygens (including phenoxy) is 1. The molecule has 1 aromatic heterocycles. The minimum Gasteiger partial charge on any atom is -0.497 e. The molecular weight excluding hydrogens is 348 g/mol. The van der Waals surface area contributed by atoms with Crippen LogP contribution in [0.25, 0.3) is 0 Å². The van der Waals surface area contributed by atoms with Crippen molar-refractivity contribution in [3.8, 4) is 5.75 Å². The van der Waals surface area contributed by atoms with Crippen LogP contribution in [0.15, 0.2) is 24.3 Å². The van der Waals surface area contributed by atoms with Crippen molar-refractivity contribution in [1.29, 1.82) is 0 Å². The molecule has 0 aliphatic carbocycles. The molecule has 27 heavy (non-hydrogen) atoms. The first-order chi connectivity index (χ1) is 13.0. The first kappa shape index (κ1) is 18.9. The Morgan fingerprint density at radius 2 is 1.93 bits per heavy atom. The number of Topliss-reactive ketones (excluding diaryl/α,β-unsaturated/α-hetero) is 1. The number of nitrogens with zero attached hydrogens (tertiary/aromatic N) is 4. The third-order valence-corrected chi connectivity index (χ3v) is 5.12. The quantitative estimate of drug-likeness (QED) is 0.440. The van der Waals surface area contributed by atoms with Crippen LogP contribution in [0.5, 0.6) is 5.75 Å². The smallest absolute Gasteiger partial charge is 0.334 e. The predicted octanol–water partition coefficient (Wildman–Crippen LogP) is 3.00. The molecule has 0 radical (unpaired) electrons. The highest BCUT2D eigenvalue weighted by molar-refractivity contribution is 5.98. The van der Waals surface area contributed by atoms with Crippen LogP contribution >= 0.6 is 0 Å². The number of piperidine rings is 1. The van der Waals surface area contributed by atoms with Crippen LogP contribution in [0.2, 0.25) is 0 Å². The molecule has 1 fully saturated rings. The number of nitro groups is 1. The van der Waals surface area contributed by atoms with Gasteiger partial charge in [-0.2, -0.15) is 5.10 Å². The summed E-state index contributed by atoms with van der Waals surface area (Å²) in [4.78, 5) is 25.9. The monoisotopic (exact) mass is 372 g/mol. The van der Waals surface area contributed by atoms with E-state index in [1.807, 2.05) is 11.8 Å². The molecule has 8 heteroatoms. The Labute approximate surface area is 157 Å². The van der Waals surface area contributed by atoms with Gasteiger partial charge in [0.15, 0.2) is 5.78 Å². The predicted molar refractivity (Wildman–Crippen MR) is 102 cm³/mol. The number of rotatable bonds is 6. The van der Waals surface area contributed by atoms with E-state index in [1.54, 1.807) is 43.1 Å². The van der Waals surface area contributed by atoms with Gasteiger partial charge in [0.2, 0.25) is 5.82 Å². The van der Waals surface area contributed by atoms with E-state index in [9.17, 15) is 14.9 Å². The Balaban J connectivity index is 1.73. The molecule has 1 aliphatic rings. The Bertz CT molecular complexity index is 836. The van der Waals surface area contributed by atoms with Gasteiger partial charge >= 0.3 is 5.69 Å². The largest absolute Gasteiger partial charge is 0.497 e. The minimum atomic E-state index is -0.351. The first-order valence-electron chi connectivity index (χ1n) is 9.09. The van der Waals surface area contributed by atoms with E-state index in [0.29, 0.717) is 49.4 Å². The number of hydrogen-bond acceptors (Lipinski definition) is 6. The van der Waals surface area contributed by atoms with Crippen LogP contribution in [0.3, 0.4) is 0 Å². The lowest BCUT2D eigenvalue weighted by Crippen LogP contribution is -2.37. The van der Waals surface area contributed by atoms with E-state index in [0.717, 1.165) is 5.75 Å². The molecule has 0 bridgehead atoms. The molecule has 1 saturated heterocycles. The van der Waals surface area contributed by atoms with Crippen LogP contribution in [0.1, 0.15) is 35.8 Å². The number of aryl methyl sites for hydroxylation is 2. The molecular formula is C19H24N4O4. The second kappa shape index (κ2) is 7.77. The third-order valence-electron chi connectivity index (χ3n) is 5.12. The van der Waals surface area contributed by atoms with Gasteiger partial charge in [-0.15, -0.1) is 0 Å². The number of hydrogen-bond donors (Lipinski definition) is 0. The average molecular weight is 372 g/mol. The maximum Gasteiger partial charge on any atom is 0.334 e. The van der Waals surface area contributed by atoms with E-state index in [2.05, 4.69) is 5.10 Å². The van der Waals surface area contributed by atoms with Crippen molar-refractivity contribution in [2.75, 3.05) is 25.1 Å². The van der Waals surface area contributed by atoms with Gasteiger partial charge in [0.1, 0.15) is 11.4 Å². The van der Waals surface area contributed by atoms with Crippen molar-refractivity contribution in [3.05, 3.63) is 45.6 Å². The fourth-order valence-corrected chi connectivity index (χ4v) is 3.68. The maximum atomic E-state index is 12.7. The fourth-order valence-electron chi connectivity index (χ4n) is 3.68. The topological polar surface area (TPSA) is 90.5 Å². The zero-order valence-electron chi connectivity index (χ0n) is 15.8. The number of carbonyl (C=O) groups is 1. The summed E-state index contributed by atoms with van der Waals surface area (Å²) in [7, 11) is 3.32. The highest BCUT2D eigenvalue weighted by atomic mass is 16.6. The highest BCUT2D eigenvalue weighted by Crippen LogP contribution is 2.34. The maximum absolute atomic E-state index is 12.7. The molecule has 0 spiro atoms. The van der Waals surface area contributed by atoms with Crippen molar-refractivity contribution >= 4 is 17.3 Å². The van der Waals surface area contributed by atoms with E-state index >= 15 is 0 Å². The highest BCUT2D eigenvalue weighted by Gasteiger charge is 2.33. The molecule has 0 amide bonds. The van der Waals surface area contributed by atoms with Gasteiger partial charge in [0.25, 0.3) is 0 Å². The summed E-state index contributed by atoms with van der Waals surface area (Å²) in [6, 6.07) is 7.14. The SMILES string of the molecule is CCc1nn(C)c(N2CCC(C(=O)c3ccc(OC)cc3)CC2)c1[N+](=O)[O-]. The summed E-state index contributed by atoms with van der Waals surface area (Å²) in [6.45, 7) is 3.05. The lowest BCUT2D eigenvalue weighted by atomic mass is 9.89. The van der Waals surface area contributed by atoms with Gasteiger partial charge in [-0.1, -0.05) is 6.92 Å². The molecule has 0 atom stereocenters. The lowest BCUT2D eigenvalue weighted by Gasteiger charge is -2.32. The molecule has 3 rings (SSSR count). The van der Waals surface area contributed by atoms with Crippen LogP contribution in [0.4, 0.5) is 11.5 Å². The molecule has 1 aromatic carbocycles. The number of benzene rings is 1. The van der Waals surface area contributed by atoms with Crippen LogP contribution < -0.4 is 9.64 Å². The lowest BCUT2D eigenvalue weighted by molar-refractivity contribution is -0.384. The molecule has 144 valence electrons. The molecule has 1 aliphatic heterocycles. The van der Waals surface area contributed by atoms with E-state index in [1.165, 1.54) is 0 Å². The molecule has 0 N–H and O–H groups in total. The Morgan fingerprint density at radius 1 is 1.30 bits per heavy atom. The fraction of sp³-hybridized carbons (Fsp3) is 0.474. The van der Waals surface area contributed by atoms with Gasteiger partial charge in [-0.3, -0.25) is 14.9 Å². The number of aromatic nitrogens is 2. The second-order valence-electron chi connectivity index (χ2n) is 6.71. The van der Waals surface area contributed by atoms with Crippen LogP contribution in [-0.2, 0) is 13.5 Å². The molecule has 0 unspecified atom stereocenters. The van der Waals surface area contributed by atoms with Gasteiger partial charge in [0, 0.05) is 31.6 Å².